The molecular weight excluding hydrogens is 312 g/mol. The zero-order valence-electron chi connectivity index (χ0n) is 15.9. The van der Waals surface area contributed by atoms with Gasteiger partial charge in [-0.1, -0.05) is 26.0 Å². The van der Waals surface area contributed by atoms with Crippen molar-refractivity contribution in [1.82, 2.24) is 9.80 Å². The molecule has 0 aromatic carbocycles. The first-order chi connectivity index (χ1) is 11.8. The summed E-state index contributed by atoms with van der Waals surface area (Å²) in [6.07, 6.45) is 7.05. The number of piperidine rings is 1. The van der Waals surface area contributed by atoms with E-state index < -0.39 is 0 Å². The molecule has 25 heavy (non-hydrogen) atoms. The Kier molecular flexibility index (Phi) is 4.01. The lowest BCUT2D eigenvalue weighted by Crippen LogP contribution is -2.50. The van der Waals surface area contributed by atoms with E-state index in [0.717, 1.165) is 64.7 Å². The predicted molar refractivity (Wildman–Crippen MR) is 97.8 cm³/mol. The summed E-state index contributed by atoms with van der Waals surface area (Å²) >= 11 is 0. The highest BCUT2D eigenvalue weighted by atomic mass is 16.2. The Hall–Kier alpha value is -1.32. The van der Waals surface area contributed by atoms with E-state index in [-0.39, 0.29) is 10.8 Å². The fraction of sp³-hybridized carbons (Fsp3) is 0.810. The Bertz CT molecular complexity index is 611. The van der Waals surface area contributed by atoms with E-state index in [1.54, 1.807) is 0 Å². The topological polar surface area (TPSA) is 40.6 Å². The van der Waals surface area contributed by atoms with Gasteiger partial charge in [0.15, 0.2) is 0 Å². The maximum Gasteiger partial charge on any atom is 0.232 e. The van der Waals surface area contributed by atoms with Crippen LogP contribution in [0.4, 0.5) is 0 Å². The number of likely N-dealkylation sites (tertiary alicyclic amines) is 2. The van der Waals surface area contributed by atoms with E-state index in [4.69, 9.17) is 0 Å². The lowest BCUT2D eigenvalue weighted by atomic mass is 9.68. The monoisotopic (exact) mass is 344 g/mol. The molecule has 2 saturated heterocycles. The Morgan fingerprint density at radius 3 is 2.68 bits per heavy atom. The second-order valence-corrected chi connectivity index (χ2v) is 9.42. The van der Waals surface area contributed by atoms with Crippen LogP contribution in [0.5, 0.6) is 0 Å². The average Bonchev–Trinajstić information content (AvgIpc) is 3.25. The van der Waals surface area contributed by atoms with Gasteiger partial charge in [-0.2, -0.15) is 0 Å². The number of carbonyl (C=O) groups is 2. The number of nitrogens with zero attached hydrogens (tertiary/aromatic N) is 2. The van der Waals surface area contributed by atoms with Crippen LogP contribution in [-0.4, -0.2) is 47.8 Å². The molecule has 0 spiro atoms. The van der Waals surface area contributed by atoms with Gasteiger partial charge >= 0.3 is 0 Å². The van der Waals surface area contributed by atoms with Crippen LogP contribution in [0.2, 0.25) is 0 Å². The van der Waals surface area contributed by atoms with Gasteiger partial charge in [-0.3, -0.25) is 9.59 Å². The van der Waals surface area contributed by atoms with Crippen LogP contribution >= 0.6 is 0 Å². The molecule has 2 bridgehead atoms. The Morgan fingerprint density at radius 1 is 1.24 bits per heavy atom. The van der Waals surface area contributed by atoms with Crippen LogP contribution in [0.25, 0.3) is 0 Å². The molecular formula is C21H32N2O2. The molecule has 2 aliphatic heterocycles. The van der Waals surface area contributed by atoms with Crippen molar-refractivity contribution in [3.8, 4) is 0 Å². The fourth-order valence-electron chi connectivity index (χ4n) is 6.03. The summed E-state index contributed by atoms with van der Waals surface area (Å²) in [5.74, 6) is 1.69. The molecule has 0 aromatic heterocycles. The molecule has 4 nitrogen and oxygen atoms in total. The van der Waals surface area contributed by atoms with Gasteiger partial charge in [0.1, 0.15) is 0 Å². The van der Waals surface area contributed by atoms with Crippen molar-refractivity contribution in [3.63, 3.8) is 0 Å². The Labute approximate surface area is 151 Å². The molecule has 0 N–H and O–H groups in total. The SMILES string of the molecule is C=C1C(C)(C)[C@H]2CC[C@@]1(C(=O)N1CCC[C@@H](CN3CCCC3=O)C1)C2. The quantitative estimate of drug-likeness (QED) is 0.738. The highest BCUT2D eigenvalue weighted by Gasteiger charge is 2.61. The van der Waals surface area contributed by atoms with Gasteiger partial charge in [0.05, 0.1) is 5.41 Å². The number of fused-ring (bicyclic) bond motifs is 2. The van der Waals surface area contributed by atoms with Gasteiger partial charge in [0.2, 0.25) is 11.8 Å². The average molecular weight is 344 g/mol. The van der Waals surface area contributed by atoms with E-state index in [1.165, 1.54) is 5.57 Å². The van der Waals surface area contributed by atoms with Crippen LogP contribution in [0.3, 0.4) is 0 Å². The molecule has 2 heterocycles. The molecule has 4 aliphatic rings. The van der Waals surface area contributed by atoms with Gasteiger partial charge in [-0.15, -0.1) is 0 Å². The van der Waals surface area contributed by atoms with Gasteiger partial charge in [-0.25, -0.2) is 0 Å². The molecule has 0 unspecified atom stereocenters. The highest BCUT2D eigenvalue weighted by Crippen LogP contribution is 2.66. The van der Waals surface area contributed by atoms with Crippen molar-refractivity contribution < 1.29 is 9.59 Å². The number of rotatable bonds is 3. The molecule has 2 saturated carbocycles. The Morgan fingerprint density at radius 2 is 2.04 bits per heavy atom. The molecule has 3 atom stereocenters. The van der Waals surface area contributed by atoms with Gasteiger partial charge in [0.25, 0.3) is 0 Å². The van der Waals surface area contributed by atoms with Crippen molar-refractivity contribution in [2.45, 2.75) is 58.8 Å². The Balaban J connectivity index is 1.45. The first-order valence-electron chi connectivity index (χ1n) is 10.1. The minimum atomic E-state index is -0.292. The summed E-state index contributed by atoms with van der Waals surface area (Å²) < 4.78 is 0. The van der Waals surface area contributed by atoms with Crippen molar-refractivity contribution in [2.75, 3.05) is 26.2 Å². The van der Waals surface area contributed by atoms with Crippen molar-refractivity contribution >= 4 is 11.8 Å². The number of hydrogen-bond acceptors (Lipinski definition) is 2. The van der Waals surface area contributed by atoms with E-state index >= 15 is 0 Å². The number of amides is 2. The summed E-state index contributed by atoms with van der Waals surface area (Å²) in [6.45, 7) is 12.4. The maximum atomic E-state index is 13.5. The van der Waals surface area contributed by atoms with Crippen molar-refractivity contribution in [1.29, 1.82) is 0 Å². The highest BCUT2D eigenvalue weighted by molar-refractivity contribution is 5.87. The number of hydrogen-bond donors (Lipinski definition) is 0. The predicted octanol–water partition coefficient (Wildman–Crippen LogP) is 3.23. The summed E-state index contributed by atoms with van der Waals surface area (Å²) in [4.78, 5) is 29.6. The third-order valence-corrected chi connectivity index (χ3v) is 7.76. The lowest BCUT2D eigenvalue weighted by molar-refractivity contribution is -0.141. The second kappa shape index (κ2) is 5.85. The summed E-state index contributed by atoms with van der Waals surface area (Å²) in [5, 5.41) is 0. The molecule has 138 valence electrons. The second-order valence-electron chi connectivity index (χ2n) is 9.42. The molecule has 0 aromatic rings. The van der Waals surface area contributed by atoms with Gasteiger partial charge < -0.3 is 9.80 Å². The normalized spacial score (nSPS) is 37.2. The van der Waals surface area contributed by atoms with E-state index in [1.807, 2.05) is 4.90 Å². The van der Waals surface area contributed by atoms with Crippen LogP contribution in [0, 0.1) is 22.7 Å². The molecule has 4 fully saturated rings. The minimum Gasteiger partial charge on any atom is -0.342 e. The lowest BCUT2D eigenvalue weighted by Gasteiger charge is -2.42. The largest absolute Gasteiger partial charge is 0.342 e. The summed E-state index contributed by atoms with van der Waals surface area (Å²) in [5.41, 5.74) is 0.989. The molecule has 2 amide bonds. The smallest absolute Gasteiger partial charge is 0.232 e. The summed E-state index contributed by atoms with van der Waals surface area (Å²) in [7, 11) is 0. The summed E-state index contributed by atoms with van der Waals surface area (Å²) in [6, 6.07) is 0. The van der Waals surface area contributed by atoms with Gasteiger partial charge in [-0.05, 0) is 55.8 Å². The zero-order valence-corrected chi connectivity index (χ0v) is 15.9. The molecule has 4 rings (SSSR count). The molecule has 2 aliphatic carbocycles. The van der Waals surface area contributed by atoms with Crippen LogP contribution in [0.1, 0.15) is 58.8 Å². The van der Waals surface area contributed by atoms with Crippen LogP contribution < -0.4 is 0 Å². The molecule has 4 heteroatoms. The van der Waals surface area contributed by atoms with Crippen LogP contribution in [0.15, 0.2) is 12.2 Å². The first-order valence-corrected chi connectivity index (χ1v) is 10.1. The van der Waals surface area contributed by atoms with E-state index in [0.29, 0.717) is 30.1 Å². The minimum absolute atomic E-state index is 0.102. The fourth-order valence-corrected chi connectivity index (χ4v) is 6.03. The van der Waals surface area contributed by atoms with E-state index in [9.17, 15) is 9.59 Å². The van der Waals surface area contributed by atoms with Crippen LogP contribution in [-0.2, 0) is 9.59 Å². The van der Waals surface area contributed by atoms with Crippen molar-refractivity contribution in [3.05, 3.63) is 12.2 Å². The van der Waals surface area contributed by atoms with Gasteiger partial charge in [0, 0.05) is 32.6 Å². The third-order valence-electron chi connectivity index (χ3n) is 7.76. The van der Waals surface area contributed by atoms with Crippen molar-refractivity contribution in [2.24, 2.45) is 22.7 Å². The first kappa shape index (κ1) is 17.1. The number of carbonyl (C=O) groups excluding carboxylic acids is 2. The zero-order chi connectivity index (χ0) is 17.8. The van der Waals surface area contributed by atoms with E-state index in [2.05, 4.69) is 25.3 Å². The third kappa shape index (κ3) is 2.55. The molecule has 0 radical (unpaired) electrons. The standard InChI is InChI=1S/C21H32N2O2/c1-15-20(2,3)17-8-9-21(15,12-17)19(25)23-11-4-6-16(14-23)13-22-10-5-7-18(22)24/h16-17H,1,4-14H2,2-3H3/t16-,17-,21+/m0/s1. The maximum absolute atomic E-state index is 13.5.